The summed E-state index contributed by atoms with van der Waals surface area (Å²) in [7, 11) is 0. The Hall–Kier alpha value is -1.61. The normalized spacial score (nSPS) is 10.0. The summed E-state index contributed by atoms with van der Waals surface area (Å²) in [5, 5.41) is 12.4. The lowest BCUT2D eigenvalue weighted by atomic mass is 10.1. The van der Waals surface area contributed by atoms with E-state index in [-0.39, 0.29) is 0 Å². The van der Waals surface area contributed by atoms with Crippen LogP contribution in [-0.4, -0.2) is 11.1 Å². The topological polar surface area (TPSA) is 37.3 Å². The third-order valence-electron chi connectivity index (χ3n) is 1.98. The lowest BCUT2D eigenvalue weighted by molar-refractivity contribution is 0.0698. The van der Waals surface area contributed by atoms with Crippen molar-refractivity contribution in [3.05, 3.63) is 46.7 Å². The summed E-state index contributed by atoms with van der Waals surface area (Å²) < 4.78 is 0. The van der Waals surface area contributed by atoms with E-state index in [1.54, 1.807) is 5.38 Å². The van der Waals surface area contributed by atoms with Gasteiger partial charge in [0.15, 0.2) is 0 Å². The first-order valence-electron chi connectivity index (χ1n) is 4.14. The lowest BCUT2D eigenvalue weighted by Gasteiger charge is -1.99. The molecule has 0 bridgehead atoms. The van der Waals surface area contributed by atoms with Gasteiger partial charge in [-0.2, -0.15) is 11.3 Å². The van der Waals surface area contributed by atoms with Gasteiger partial charge in [0, 0.05) is 10.9 Å². The number of carbonyl (C=O) groups is 1. The van der Waals surface area contributed by atoms with Crippen molar-refractivity contribution in [3.8, 4) is 11.1 Å². The zero-order valence-corrected chi connectivity index (χ0v) is 8.12. The third-order valence-corrected chi connectivity index (χ3v) is 2.72. The SMILES string of the molecule is O=C(O)c1cscc1-c1ccccc1. The molecule has 0 spiro atoms. The summed E-state index contributed by atoms with van der Waals surface area (Å²) in [6.07, 6.45) is 0. The van der Waals surface area contributed by atoms with Crippen molar-refractivity contribution in [2.45, 2.75) is 0 Å². The van der Waals surface area contributed by atoms with Crippen molar-refractivity contribution in [1.29, 1.82) is 0 Å². The summed E-state index contributed by atoms with van der Waals surface area (Å²) >= 11 is 1.41. The van der Waals surface area contributed by atoms with Gasteiger partial charge < -0.3 is 5.11 Å². The van der Waals surface area contributed by atoms with Gasteiger partial charge in [-0.1, -0.05) is 30.3 Å². The van der Waals surface area contributed by atoms with E-state index in [2.05, 4.69) is 0 Å². The maximum Gasteiger partial charge on any atom is 0.337 e. The van der Waals surface area contributed by atoms with E-state index in [0.29, 0.717) is 5.56 Å². The fraction of sp³-hybridized carbons (Fsp3) is 0. The molecule has 1 aromatic heterocycles. The van der Waals surface area contributed by atoms with Crippen molar-refractivity contribution in [2.24, 2.45) is 0 Å². The molecule has 0 aliphatic carbocycles. The number of carboxylic acids is 1. The number of aromatic carboxylic acids is 1. The molecular weight excluding hydrogens is 196 g/mol. The highest BCUT2D eigenvalue weighted by atomic mass is 32.1. The minimum atomic E-state index is -0.870. The quantitative estimate of drug-likeness (QED) is 0.816. The van der Waals surface area contributed by atoms with Crippen molar-refractivity contribution in [2.75, 3.05) is 0 Å². The van der Waals surface area contributed by atoms with Crippen molar-refractivity contribution >= 4 is 17.3 Å². The van der Waals surface area contributed by atoms with Crippen LogP contribution in [-0.2, 0) is 0 Å². The summed E-state index contributed by atoms with van der Waals surface area (Å²) in [6.45, 7) is 0. The number of rotatable bonds is 2. The zero-order valence-electron chi connectivity index (χ0n) is 7.31. The zero-order chi connectivity index (χ0) is 9.97. The van der Waals surface area contributed by atoms with E-state index in [1.807, 2.05) is 35.7 Å². The Balaban J connectivity index is 2.52. The van der Waals surface area contributed by atoms with Crippen LogP contribution in [0.5, 0.6) is 0 Å². The molecule has 70 valence electrons. The van der Waals surface area contributed by atoms with Crippen LogP contribution in [0.15, 0.2) is 41.1 Å². The fourth-order valence-electron chi connectivity index (χ4n) is 1.30. The number of hydrogen-bond acceptors (Lipinski definition) is 2. The second kappa shape index (κ2) is 3.64. The van der Waals surface area contributed by atoms with Crippen LogP contribution in [0.4, 0.5) is 0 Å². The molecule has 2 aromatic rings. The largest absolute Gasteiger partial charge is 0.478 e. The first-order chi connectivity index (χ1) is 6.79. The molecule has 0 amide bonds. The summed E-state index contributed by atoms with van der Waals surface area (Å²) in [5.74, 6) is -0.870. The first-order valence-corrected chi connectivity index (χ1v) is 5.08. The Kier molecular flexibility index (Phi) is 2.33. The highest BCUT2D eigenvalue weighted by Crippen LogP contribution is 2.26. The average Bonchev–Trinajstić information content (AvgIpc) is 2.67. The molecule has 3 heteroatoms. The molecule has 1 heterocycles. The van der Waals surface area contributed by atoms with Gasteiger partial charge in [0.05, 0.1) is 5.56 Å². The van der Waals surface area contributed by atoms with Gasteiger partial charge in [-0.15, -0.1) is 0 Å². The maximum atomic E-state index is 10.9. The van der Waals surface area contributed by atoms with Gasteiger partial charge in [0.1, 0.15) is 0 Å². The molecule has 0 saturated carbocycles. The molecule has 1 aromatic carbocycles. The van der Waals surface area contributed by atoms with E-state index in [0.717, 1.165) is 11.1 Å². The second-order valence-electron chi connectivity index (χ2n) is 2.87. The minimum Gasteiger partial charge on any atom is -0.478 e. The second-order valence-corrected chi connectivity index (χ2v) is 3.61. The van der Waals surface area contributed by atoms with Gasteiger partial charge in [0.2, 0.25) is 0 Å². The Morgan fingerprint density at radius 2 is 1.86 bits per heavy atom. The predicted octanol–water partition coefficient (Wildman–Crippen LogP) is 3.11. The van der Waals surface area contributed by atoms with Gasteiger partial charge in [0.25, 0.3) is 0 Å². The predicted molar refractivity (Wildman–Crippen MR) is 56.7 cm³/mol. The van der Waals surface area contributed by atoms with E-state index in [4.69, 9.17) is 5.11 Å². The monoisotopic (exact) mass is 204 g/mol. The molecule has 0 radical (unpaired) electrons. The summed E-state index contributed by atoms with van der Waals surface area (Å²) in [4.78, 5) is 10.9. The van der Waals surface area contributed by atoms with E-state index in [9.17, 15) is 4.79 Å². The van der Waals surface area contributed by atoms with E-state index in [1.165, 1.54) is 11.3 Å². The van der Waals surface area contributed by atoms with Gasteiger partial charge in [-0.3, -0.25) is 0 Å². The van der Waals surface area contributed by atoms with Crippen LogP contribution in [0.2, 0.25) is 0 Å². The highest BCUT2D eigenvalue weighted by Gasteiger charge is 2.11. The van der Waals surface area contributed by atoms with Crippen molar-refractivity contribution < 1.29 is 9.90 Å². The summed E-state index contributed by atoms with van der Waals surface area (Å²) in [6, 6.07) is 9.54. The molecule has 2 rings (SSSR count). The van der Waals surface area contributed by atoms with Crippen LogP contribution >= 0.6 is 11.3 Å². The van der Waals surface area contributed by atoms with Crippen LogP contribution < -0.4 is 0 Å². The Morgan fingerprint density at radius 1 is 1.14 bits per heavy atom. The third kappa shape index (κ3) is 1.54. The molecule has 0 atom stereocenters. The molecule has 2 nitrogen and oxygen atoms in total. The Labute approximate surface area is 85.4 Å². The number of thiophene rings is 1. The molecular formula is C11H8O2S. The minimum absolute atomic E-state index is 0.376. The smallest absolute Gasteiger partial charge is 0.337 e. The van der Waals surface area contributed by atoms with Crippen LogP contribution in [0.1, 0.15) is 10.4 Å². The van der Waals surface area contributed by atoms with Gasteiger partial charge in [-0.05, 0) is 10.9 Å². The van der Waals surface area contributed by atoms with Gasteiger partial charge in [-0.25, -0.2) is 4.79 Å². The van der Waals surface area contributed by atoms with Crippen LogP contribution in [0.25, 0.3) is 11.1 Å². The molecule has 1 N–H and O–H groups in total. The lowest BCUT2D eigenvalue weighted by Crippen LogP contribution is -1.95. The molecule has 0 aliphatic heterocycles. The Morgan fingerprint density at radius 3 is 2.50 bits per heavy atom. The first kappa shape index (κ1) is 8.97. The van der Waals surface area contributed by atoms with Crippen molar-refractivity contribution in [3.63, 3.8) is 0 Å². The average molecular weight is 204 g/mol. The highest BCUT2D eigenvalue weighted by molar-refractivity contribution is 7.08. The molecule has 0 unspecified atom stereocenters. The fourth-order valence-corrected chi connectivity index (χ4v) is 2.13. The van der Waals surface area contributed by atoms with Crippen LogP contribution in [0, 0.1) is 0 Å². The van der Waals surface area contributed by atoms with Crippen LogP contribution in [0.3, 0.4) is 0 Å². The molecule has 14 heavy (non-hydrogen) atoms. The molecule has 0 aliphatic rings. The Bertz CT molecular complexity index is 445. The number of hydrogen-bond donors (Lipinski definition) is 1. The number of benzene rings is 1. The standard InChI is InChI=1S/C11H8O2S/c12-11(13)10-7-14-6-9(10)8-4-2-1-3-5-8/h1-7H,(H,12,13). The summed E-state index contributed by atoms with van der Waals surface area (Å²) in [5.41, 5.74) is 2.12. The van der Waals surface area contributed by atoms with Gasteiger partial charge >= 0.3 is 5.97 Å². The number of carboxylic acid groups (broad SMARTS) is 1. The van der Waals surface area contributed by atoms with E-state index < -0.39 is 5.97 Å². The maximum absolute atomic E-state index is 10.9. The van der Waals surface area contributed by atoms with E-state index >= 15 is 0 Å². The molecule has 0 saturated heterocycles. The molecule has 0 fully saturated rings. The van der Waals surface area contributed by atoms with Crippen molar-refractivity contribution in [1.82, 2.24) is 0 Å².